The van der Waals surface area contributed by atoms with E-state index in [1.807, 2.05) is 0 Å². The SMILES string of the molecule is CCOC(=O)C(C[AsH]C(=O)c1ccc(OCCCNC2=NCCCN2)cc1O)NS(=O)(=O)c1ccccc1. The second-order valence-electron chi connectivity index (χ2n) is 8.27. The Balaban J connectivity index is 1.53. The van der Waals surface area contributed by atoms with Crippen LogP contribution in [0.15, 0.2) is 58.4 Å². The Hall–Kier alpha value is -3.08. The van der Waals surface area contributed by atoms with Gasteiger partial charge in [0.1, 0.15) is 0 Å². The first-order chi connectivity index (χ1) is 18.3. The van der Waals surface area contributed by atoms with Crippen molar-refractivity contribution in [2.75, 3.05) is 32.8 Å². The van der Waals surface area contributed by atoms with Gasteiger partial charge in [0.15, 0.2) is 0 Å². The van der Waals surface area contributed by atoms with Crippen molar-refractivity contribution in [3.63, 3.8) is 0 Å². The zero-order valence-corrected chi connectivity index (χ0v) is 24.0. The molecule has 2 unspecified atom stereocenters. The van der Waals surface area contributed by atoms with E-state index in [-0.39, 0.29) is 32.6 Å². The number of hydrogen-bond acceptors (Lipinski definition) is 10. The minimum atomic E-state index is -3.99. The molecule has 2 aromatic rings. The fraction of sp³-hybridized carbons (Fsp3) is 0.400. The maximum atomic E-state index is 12.8. The molecule has 13 heteroatoms. The zero-order chi connectivity index (χ0) is 27.4. The summed E-state index contributed by atoms with van der Waals surface area (Å²) in [6.45, 7) is 4.48. The first kappa shape index (κ1) is 29.5. The van der Waals surface area contributed by atoms with E-state index >= 15 is 0 Å². The number of sulfonamides is 1. The number of phenolic OH excluding ortho intramolecular Hbond substituents is 1. The molecule has 1 aliphatic heterocycles. The summed E-state index contributed by atoms with van der Waals surface area (Å²) >= 11 is -1.53. The standard InChI is InChI=1S/C25H33AsN4O7S/c1-2-36-24(33)21(30-38(34,35)19-8-4-3-5-9-19)17-26-23(32)20-11-10-18(16-22(20)31)37-15-7-14-29-25-27-12-6-13-28-25/h3-5,8-11,16,21,26,30-31H,2,6-7,12-15,17H2,1H3,(H2,27,28,29). The fourth-order valence-corrected chi connectivity index (χ4v) is 7.21. The molecule has 1 heterocycles. The van der Waals surface area contributed by atoms with E-state index in [0.29, 0.717) is 25.3 Å². The summed E-state index contributed by atoms with van der Waals surface area (Å²) < 4.78 is 38.1. The molecule has 2 aromatic carbocycles. The molecule has 3 rings (SSSR count). The second kappa shape index (κ2) is 14.8. The molecular formula is C25H33AsN4O7S. The van der Waals surface area contributed by atoms with Gasteiger partial charge in [-0.3, -0.25) is 0 Å². The van der Waals surface area contributed by atoms with Crippen molar-refractivity contribution in [2.45, 2.75) is 35.9 Å². The van der Waals surface area contributed by atoms with Crippen LogP contribution in [0.1, 0.15) is 30.1 Å². The average molecular weight is 609 g/mol. The number of nitrogens with one attached hydrogen (secondary N) is 3. The molecule has 0 saturated carbocycles. The predicted molar refractivity (Wildman–Crippen MR) is 145 cm³/mol. The first-order valence-corrected chi connectivity index (χ1v) is 16.3. The average Bonchev–Trinajstić information content (AvgIpc) is 2.92. The van der Waals surface area contributed by atoms with Crippen molar-refractivity contribution in [3.05, 3.63) is 54.1 Å². The predicted octanol–water partition coefficient (Wildman–Crippen LogP) is 1.01. The van der Waals surface area contributed by atoms with Gasteiger partial charge in [0.2, 0.25) is 0 Å². The van der Waals surface area contributed by atoms with Gasteiger partial charge in [-0.2, -0.15) is 0 Å². The molecule has 1 aliphatic rings. The van der Waals surface area contributed by atoms with Crippen molar-refractivity contribution in [2.24, 2.45) is 4.99 Å². The van der Waals surface area contributed by atoms with E-state index in [9.17, 15) is 23.1 Å². The third-order valence-corrected chi connectivity index (χ3v) is 9.39. The van der Waals surface area contributed by atoms with Crippen molar-refractivity contribution in [1.29, 1.82) is 0 Å². The Morgan fingerprint density at radius 1 is 1.21 bits per heavy atom. The summed E-state index contributed by atoms with van der Waals surface area (Å²) in [6, 6.07) is 10.9. The van der Waals surface area contributed by atoms with Gasteiger partial charge in [-0.15, -0.1) is 0 Å². The molecular weight excluding hydrogens is 575 g/mol. The van der Waals surface area contributed by atoms with E-state index < -0.39 is 37.8 Å². The van der Waals surface area contributed by atoms with E-state index in [1.165, 1.54) is 24.3 Å². The molecule has 0 fully saturated rings. The third kappa shape index (κ3) is 9.04. The van der Waals surface area contributed by atoms with Gasteiger partial charge < -0.3 is 0 Å². The summed E-state index contributed by atoms with van der Waals surface area (Å²) in [4.78, 5) is 29.6. The molecule has 0 radical (unpaired) electrons. The molecule has 0 bridgehead atoms. The van der Waals surface area contributed by atoms with Crippen LogP contribution in [0.5, 0.6) is 11.5 Å². The molecule has 38 heavy (non-hydrogen) atoms. The first-order valence-electron chi connectivity index (χ1n) is 12.3. The Labute approximate surface area is 229 Å². The Bertz CT molecular complexity index is 1230. The number of hydrogen-bond donors (Lipinski definition) is 4. The van der Waals surface area contributed by atoms with Crippen molar-refractivity contribution < 1.29 is 32.6 Å². The number of carbonyl (C=O) groups excluding carboxylic acids is 2. The molecule has 0 aliphatic carbocycles. The van der Waals surface area contributed by atoms with Crippen LogP contribution in [0.2, 0.25) is 5.21 Å². The van der Waals surface area contributed by atoms with Crippen molar-refractivity contribution >= 4 is 42.3 Å². The zero-order valence-electron chi connectivity index (χ0n) is 21.1. The number of rotatable bonds is 14. The number of aliphatic imine (C=N–C) groups is 1. The molecule has 11 nitrogen and oxygen atoms in total. The van der Waals surface area contributed by atoms with E-state index in [1.54, 1.807) is 31.2 Å². The van der Waals surface area contributed by atoms with Crippen LogP contribution < -0.4 is 20.1 Å². The number of benzene rings is 2. The van der Waals surface area contributed by atoms with Gasteiger partial charge in [0.25, 0.3) is 0 Å². The van der Waals surface area contributed by atoms with Gasteiger partial charge in [-0.1, -0.05) is 0 Å². The number of nitrogens with zero attached hydrogens (tertiary/aromatic N) is 1. The second-order valence-corrected chi connectivity index (χ2v) is 12.5. The molecule has 0 spiro atoms. The quantitative estimate of drug-likeness (QED) is 0.140. The minimum absolute atomic E-state index is 0.00375. The molecule has 2 atom stereocenters. The number of phenols is 1. The number of esters is 1. The number of ether oxygens (including phenoxy) is 2. The maximum absolute atomic E-state index is 12.8. The molecule has 0 amide bonds. The summed E-state index contributed by atoms with van der Waals surface area (Å²) in [5, 5.41) is 16.8. The van der Waals surface area contributed by atoms with Gasteiger partial charge in [0.05, 0.1) is 0 Å². The van der Waals surface area contributed by atoms with Crippen LogP contribution in [0.25, 0.3) is 0 Å². The summed E-state index contributed by atoms with van der Waals surface area (Å²) in [5.41, 5.74) is 0.105. The van der Waals surface area contributed by atoms with Crippen LogP contribution in [0.3, 0.4) is 0 Å². The normalized spacial score (nSPS) is 14.4. The van der Waals surface area contributed by atoms with Crippen LogP contribution in [0, 0.1) is 0 Å². The van der Waals surface area contributed by atoms with Gasteiger partial charge in [-0.05, 0) is 6.42 Å². The van der Waals surface area contributed by atoms with Crippen molar-refractivity contribution in [3.8, 4) is 11.5 Å². The number of carbonyl (C=O) groups is 2. The summed E-state index contributed by atoms with van der Waals surface area (Å²) in [5.74, 6) is 0.232. The van der Waals surface area contributed by atoms with Crippen LogP contribution in [-0.2, 0) is 19.6 Å². The third-order valence-electron chi connectivity index (χ3n) is 5.38. The van der Waals surface area contributed by atoms with E-state index in [4.69, 9.17) is 9.47 Å². The monoisotopic (exact) mass is 608 g/mol. The van der Waals surface area contributed by atoms with Crippen LogP contribution in [0.4, 0.5) is 0 Å². The van der Waals surface area contributed by atoms with E-state index in [2.05, 4.69) is 20.3 Å². The Morgan fingerprint density at radius 3 is 2.68 bits per heavy atom. The molecule has 4 N–H and O–H groups in total. The summed E-state index contributed by atoms with van der Waals surface area (Å²) in [6.07, 6.45) is 1.74. The van der Waals surface area contributed by atoms with Gasteiger partial charge >= 0.3 is 210 Å². The summed E-state index contributed by atoms with van der Waals surface area (Å²) in [7, 11) is -3.99. The molecule has 0 saturated heterocycles. The van der Waals surface area contributed by atoms with Gasteiger partial charge in [-0.25, -0.2) is 0 Å². The van der Waals surface area contributed by atoms with Gasteiger partial charge in [0, 0.05) is 13.1 Å². The topological polar surface area (TPSA) is 155 Å². The fourth-order valence-electron chi connectivity index (χ4n) is 3.47. The number of guanidine groups is 1. The molecule has 0 aromatic heterocycles. The van der Waals surface area contributed by atoms with Crippen LogP contribution >= 0.6 is 0 Å². The Morgan fingerprint density at radius 2 is 2.00 bits per heavy atom. The van der Waals surface area contributed by atoms with Crippen molar-refractivity contribution in [1.82, 2.24) is 15.4 Å². The Kier molecular flexibility index (Phi) is 11.4. The van der Waals surface area contributed by atoms with Crippen LogP contribution in [-0.4, -0.2) is 84.7 Å². The number of aromatic hydroxyl groups is 1. The van der Waals surface area contributed by atoms with E-state index in [0.717, 1.165) is 25.5 Å². The molecule has 206 valence electrons.